The fourth-order valence-electron chi connectivity index (χ4n) is 2.14. The molecule has 4 nitrogen and oxygen atoms in total. The van der Waals surface area contributed by atoms with E-state index in [1.165, 1.54) is 6.07 Å². The Morgan fingerprint density at radius 1 is 1.33 bits per heavy atom. The lowest BCUT2D eigenvalue weighted by atomic mass is 9.80. The van der Waals surface area contributed by atoms with Gasteiger partial charge in [-0.15, -0.1) is 24.0 Å². The minimum Gasteiger partial charge on any atom is -0.388 e. The Kier molecular flexibility index (Phi) is 7.37. The van der Waals surface area contributed by atoms with Crippen LogP contribution < -0.4 is 10.6 Å². The third-order valence-electron chi connectivity index (χ3n) is 3.58. The quantitative estimate of drug-likeness (QED) is 0.399. The molecule has 0 aromatic heterocycles. The van der Waals surface area contributed by atoms with Gasteiger partial charge >= 0.3 is 0 Å². The third-order valence-corrected chi connectivity index (χ3v) is 3.58. The van der Waals surface area contributed by atoms with E-state index in [1.807, 2.05) is 6.92 Å². The van der Waals surface area contributed by atoms with Crippen molar-refractivity contribution in [3.8, 4) is 0 Å². The number of nitrogens with zero attached hydrogens (tertiary/aromatic N) is 1. The number of hydrogen-bond acceptors (Lipinski definition) is 2. The van der Waals surface area contributed by atoms with E-state index in [1.54, 1.807) is 18.2 Å². The molecule has 6 heteroatoms. The normalized spacial score (nSPS) is 16.6. The number of rotatable bonds is 5. The molecule has 1 aliphatic carbocycles. The Morgan fingerprint density at radius 3 is 2.62 bits per heavy atom. The maximum atomic E-state index is 13.5. The number of benzene rings is 1. The number of hydrogen-bond donors (Lipinski definition) is 3. The highest BCUT2D eigenvalue weighted by atomic mass is 127. The molecule has 2 rings (SSSR count). The van der Waals surface area contributed by atoms with Gasteiger partial charge in [0.2, 0.25) is 0 Å². The lowest BCUT2D eigenvalue weighted by Gasteiger charge is -2.37. The fourth-order valence-corrected chi connectivity index (χ4v) is 2.14. The van der Waals surface area contributed by atoms with Crippen molar-refractivity contribution >= 4 is 29.9 Å². The van der Waals surface area contributed by atoms with Crippen LogP contribution in [0.2, 0.25) is 0 Å². The molecule has 1 saturated carbocycles. The van der Waals surface area contributed by atoms with E-state index in [0.29, 0.717) is 18.1 Å². The molecule has 0 spiro atoms. The van der Waals surface area contributed by atoms with E-state index in [-0.39, 0.29) is 36.3 Å². The van der Waals surface area contributed by atoms with Crippen molar-refractivity contribution in [2.45, 2.75) is 38.3 Å². The number of halogens is 2. The van der Waals surface area contributed by atoms with Crippen LogP contribution in [0.25, 0.3) is 0 Å². The summed E-state index contributed by atoms with van der Waals surface area (Å²) in [6.07, 6.45) is 2.72. The Balaban J connectivity index is 0.00000220. The van der Waals surface area contributed by atoms with Crippen LogP contribution in [-0.4, -0.2) is 29.8 Å². The molecule has 3 N–H and O–H groups in total. The van der Waals surface area contributed by atoms with Gasteiger partial charge in [-0.1, -0.05) is 18.2 Å². The van der Waals surface area contributed by atoms with Gasteiger partial charge in [0, 0.05) is 18.7 Å². The zero-order valence-electron chi connectivity index (χ0n) is 12.2. The van der Waals surface area contributed by atoms with Crippen LogP contribution in [0, 0.1) is 5.82 Å². The largest absolute Gasteiger partial charge is 0.388 e. The van der Waals surface area contributed by atoms with Gasteiger partial charge in [0.1, 0.15) is 5.82 Å². The number of nitrogens with one attached hydrogen (secondary N) is 2. The predicted molar refractivity (Wildman–Crippen MR) is 93.4 cm³/mol. The van der Waals surface area contributed by atoms with Crippen LogP contribution in [0.1, 0.15) is 31.7 Å². The average Bonchev–Trinajstić information content (AvgIpc) is 2.41. The Morgan fingerprint density at radius 2 is 2.05 bits per heavy atom. The molecule has 0 unspecified atom stereocenters. The first-order chi connectivity index (χ1) is 9.63. The van der Waals surface area contributed by atoms with Gasteiger partial charge < -0.3 is 15.7 Å². The summed E-state index contributed by atoms with van der Waals surface area (Å²) >= 11 is 0. The van der Waals surface area contributed by atoms with Gasteiger partial charge in [0.15, 0.2) is 5.96 Å². The molecule has 1 aliphatic rings. The summed E-state index contributed by atoms with van der Waals surface area (Å²) in [6, 6.07) is 6.62. The lowest BCUT2D eigenvalue weighted by Crippen LogP contribution is -2.50. The summed E-state index contributed by atoms with van der Waals surface area (Å²) in [6.45, 7) is 3.45. The molecule has 118 valence electrons. The van der Waals surface area contributed by atoms with Crippen LogP contribution >= 0.6 is 24.0 Å². The van der Waals surface area contributed by atoms with Crippen LogP contribution in [0.4, 0.5) is 4.39 Å². The van der Waals surface area contributed by atoms with Gasteiger partial charge in [0.05, 0.1) is 12.1 Å². The fraction of sp³-hybridized carbons (Fsp3) is 0.533. The van der Waals surface area contributed by atoms with E-state index in [0.717, 1.165) is 25.8 Å². The van der Waals surface area contributed by atoms with Crippen molar-refractivity contribution in [3.05, 3.63) is 35.6 Å². The zero-order chi connectivity index (χ0) is 14.4. The zero-order valence-corrected chi connectivity index (χ0v) is 14.6. The van der Waals surface area contributed by atoms with Gasteiger partial charge in [-0.25, -0.2) is 9.38 Å². The molecule has 21 heavy (non-hydrogen) atoms. The molecule has 1 fully saturated rings. The van der Waals surface area contributed by atoms with E-state index in [9.17, 15) is 9.50 Å². The maximum absolute atomic E-state index is 13.5. The molecular weight excluding hydrogens is 384 g/mol. The highest BCUT2D eigenvalue weighted by Crippen LogP contribution is 2.30. The Labute approximate surface area is 142 Å². The SMILES string of the molecule is CCNC(=NCc1ccccc1F)NCC1(O)CCC1.I. The Hall–Kier alpha value is -0.890. The van der Waals surface area contributed by atoms with Gasteiger partial charge in [-0.05, 0) is 32.3 Å². The van der Waals surface area contributed by atoms with Crippen molar-refractivity contribution in [3.63, 3.8) is 0 Å². The molecule has 0 saturated heterocycles. The smallest absolute Gasteiger partial charge is 0.191 e. The molecule has 0 atom stereocenters. The van der Waals surface area contributed by atoms with Crippen molar-refractivity contribution in [1.29, 1.82) is 0 Å². The minimum atomic E-state index is -0.603. The standard InChI is InChI=1S/C15H22FN3O.HI/c1-2-17-14(19-11-15(20)8-5-9-15)18-10-12-6-3-4-7-13(12)16;/h3-4,6-7,20H,2,5,8-11H2,1H3,(H2,17,18,19);1H. The molecule has 0 amide bonds. The second kappa shape index (κ2) is 8.53. The van der Waals surface area contributed by atoms with Crippen molar-refractivity contribution < 1.29 is 9.50 Å². The summed E-state index contributed by atoms with van der Waals surface area (Å²) in [4.78, 5) is 4.35. The van der Waals surface area contributed by atoms with Crippen LogP contribution in [0.5, 0.6) is 0 Å². The van der Waals surface area contributed by atoms with Gasteiger partial charge in [0.25, 0.3) is 0 Å². The average molecular weight is 407 g/mol. The summed E-state index contributed by atoms with van der Waals surface area (Å²) in [7, 11) is 0. The molecule has 1 aromatic carbocycles. The molecular formula is C15H23FIN3O. The lowest BCUT2D eigenvalue weighted by molar-refractivity contribution is -0.0279. The van der Waals surface area contributed by atoms with E-state index >= 15 is 0 Å². The van der Waals surface area contributed by atoms with Crippen LogP contribution in [0.3, 0.4) is 0 Å². The first-order valence-corrected chi connectivity index (χ1v) is 7.11. The summed E-state index contributed by atoms with van der Waals surface area (Å²) in [5.74, 6) is 0.362. The molecule has 1 aromatic rings. The van der Waals surface area contributed by atoms with Crippen LogP contribution in [-0.2, 0) is 6.54 Å². The second-order valence-electron chi connectivity index (χ2n) is 5.22. The molecule has 0 aliphatic heterocycles. The molecule has 0 heterocycles. The topological polar surface area (TPSA) is 56.7 Å². The second-order valence-corrected chi connectivity index (χ2v) is 5.22. The summed E-state index contributed by atoms with van der Waals surface area (Å²) < 4.78 is 13.5. The Bertz CT molecular complexity index is 478. The van der Waals surface area contributed by atoms with Gasteiger partial charge in [-0.3, -0.25) is 0 Å². The predicted octanol–water partition coefficient (Wildman–Crippen LogP) is 2.41. The maximum Gasteiger partial charge on any atom is 0.191 e. The van der Waals surface area contributed by atoms with E-state index in [4.69, 9.17) is 0 Å². The summed E-state index contributed by atoms with van der Waals surface area (Å²) in [5, 5.41) is 16.3. The van der Waals surface area contributed by atoms with Crippen LogP contribution in [0.15, 0.2) is 29.3 Å². The highest BCUT2D eigenvalue weighted by molar-refractivity contribution is 14.0. The van der Waals surface area contributed by atoms with E-state index < -0.39 is 5.60 Å². The summed E-state index contributed by atoms with van der Waals surface area (Å²) in [5.41, 5.74) is -0.0409. The van der Waals surface area contributed by atoms with E-state index in [2.05, 4.69) is 15.6 Å². The molecule has 0 radical (unpaired) electrons. The minimum absolute atomic E-state index is 0. The van der Waals surface area contributed by atoms with Gasteiger partial charge in [-0.2, -0.15) is 0 Å². The number of aliphatic imine (C=N–C) groups is 1. The number of aliphatic hydroxyl groups is 1. The first kappa shape index (κ1) is 18.2. The highest BCUT2D eigenvalue weighted by Gasteiger charge is 2.34. The third kappa shape index (κ3) is 5.43. The van der Waals surface area contributed by atoms with Crippen molar-refractivity contribution in [2.75, 3.05) is 13.1 Å². The van der Waals surface area contributed by atoms with Crippen molar-refractivity contribution in [1.82, 2.24) is 10.6 Å². The number of guanidine groups is 1. The molecule has 0 bridgehead atoms. The van der Waals surface area contributed by atoms with Crippen molar-refractivity contribution in [2.24, 2.45) is 4.99 Å². The monoisotopic (exact) mass is 407 g/mol. The first-order valence-electron chi connectivity index (χ1n) is 7.11.